The van der Waals surface area contributed by atoms with Crippen LogP contribution in [0, 0.1) is 11.8 Å². The Labute approximate surface area is 95.8 Å². The molecule has 0 bridgehead atoms. The van der Waals surface area contributed by atoms with Gasteiger partial charge in [0.2, 0.25) is 11.8 Å². The molecule has 0 N–H and O–H groups in total. The molecule has 1 aliphatic heterocycles. The van der Waals surface area contributed by atoms with Gasteiger partial charge in [-0.1, -0.05) is 23.8 Å². The van der Waals surface area contributed by atoms with Crippen molar-refractivity contribution in [3.63, 3.8) is 0 Å². The van der Waals surface area contributed by atoms with E-state index >= 15 is 0 Å². The monoisotopic (exact) mass is 219 g/mol. The molecule has 0 unspecified atom stereocenters. The van der Waals surface area contributed by atoms with E-state index < -0.39 is 0 Å². The second-order valence-electron chi connectivity index (χ2n) is 4.92. The maximum absolute atomic E-state index is 12.1. The van der Waals surface area contributed by atoms with Crippen molar-refractivity contribution in [3.8, 4) is 0 Å². The summed E-state index contributed by atoms with van der Waals surface area (Å²) in [4.78, 5) is 25.5. The number of allylic oxidation sites excluding steroid dienone is 2. The second-order valence-corrected chi connectivity index (χ2v) is 4.92. The summed E-state index contributed by atoms with van der Waals surface area (Å²) in [6, 6.07) is 0. The van der Waals surface area contributed by atoms with Crippen molar-refractivity contribution in [3.05, 3.63) is 23.8 Å². The van der Waals surface area contributed by atoms with Crippen LogP contribution in [0.1, 0.15) is 26.7 Å². The fourth-order valence-electron chi connectivity index (χ4n) is 2.53. The maximum atomic E-state index is 12.1. The third-order valence-electron chi connectivity index (χ3n) is 3.34. The minimum Gasteiger partial charge on any atom is -0.278 e. The maximum Gasteiger partial charge on any atom is 0.233 e. The van der Waals surface area contributed by atoms with Crippen molar-refractivity contribution in [1.29, 1.82) is 0 Å². The number of fused-ring (bicyclic) bond motifs is 1. The van der Waals surface area contributed by atoms with E-state index in [0.717, 1.165) is 12.0 Å². The quantitative estimate of drug-likeness (QED) is 0.525. The SMILES string of the molecule is C=C(C)CN1C(=O)[C@H]2CC=C(C)C[C@@H]2C1=O. The van der Waals surface area contributed by atoms with Crippen LogP contribution >= 0.6 is 0 Å². The molecular formula is C13H17NO2. The lowest BCUT2D eigenvalue weighted by Crippen LogP contribution is -2.32. The van der Waals surface area contributed by atoms with E-state index in [1.54, 1.807) is 0 Å². The highest BCUT2D eigenvalue weighted by Crippen LogP contribution is 2.37. The zero-order valence-electron chi connectivity index (χ0n) is 9.82. The lowest BCUT2D eigenvalue weighted by molar-refractivity contribution is -0.139. The average Bonchev–Trinajstić information content (AvgIpc) is 2.43. The van der Waals surface area contributed by atoms with Gasteiger partial charge in [0, 0.05) is 6.54 Å². The van der Waals surface area contributed by atoms with Crippen molar-refractivity contribution in [2.45, 2.75) is 26.7 Å². The van der Waals surface area contributed by atoms with E-state index in [-0.39, 0.29) is 23.7 Å². The number of hydrogen-bond acceptors (Lipinski definition) is 2. The Morgan fingerprint density at radius 3 is 2.69 bits per heavy atom. The average molecular weight is 219 g/mol. The number of likely N-dealkylation sites (tertiary alicyclic amines) is 1. The molecule has 0 spiro atoms. The summed E-state index contributed by atoms with van der Waals surface area (Å²) in [7, 11) is 0. The molecule has 1 aliphatic carbocycles. The standard InChI is InChI=1S/C13H17NO2/c1-8(2)7-14-12(15)10-5-4-9(3)6-11(10)13(14)16/h4,10-11H,1,5-7H2,2-3H3/t10-,11-/m0/s1. The highest BCUT2D eigenvalue weighted by molar-refractivity contribution is 6.05. The predicted molar refractivity (Wildman–Crippen MR) is 61.5 cm³/mol. The Bertz CT molecular complexity index is 395. The van der Waals surface area contributed by atoms with Crippen molar-refractivity contribution >= 4 is 11.8 Å². The van der Waals surface area contributed by atoms with Crippen LogP contribution in [0.25, 0.3) is 0 Å². The number of carbonyl (C=O) groups is 2. The second kappa shape index (κ2) is 3.89. The molecule has 2 aliphatic rings. The minimum atomic E-state index is -0.115. The van der Waals surface area contributed by atoms with Gasteiger partial charge < -0.3 is 0 Å². The van der Waals surface area contributed by atoms with Gasteiger partial charge in [0.15, 0.2) is 0 Å². The number of amides is 2. The predicted octanol–water partition coefficient (Wildman–Crippen LogP) is 1.90. The number of carbonyl (C=O) groups excluding carboxylic acids is 2. The Morgan fingerprint density at radius 2 is 2.06 bits per heavy atom. The van der Waals surface area contributed by atoms with Crippen LogP contribution in [0.2, 0.25) is 0 Å². The molecule has 3 heteroatoms. The van der Waals surface area contributed by atoms with E-state index in [0.29, 0.717) is 13.0 Å². The highest BCUT2D eigenvalue weighted by Gasteiger charge is 2.47. The Balaban J connectivity index is 2.21. The first-order chi connectivity index (χ1) is 7.50. The summed E-state index contributed by atoms with van der Waals surface area (Å²) >= 11 is 0. The lowest BCUT2D eigenvalue weighted by atomic mass is 9.82. The van der Waals surface area contributed by atoms with Crippen LogP contribution < -0.4 is 0 Å². The van der Waals surface area contributed by atoms with Crippen LogP contribution in [0.3, 0.4) is 0 Å². The van der Waals surface area contributed by atoms with Crippen LogP contribution in [-0.4, -0.2) is 23.3 Å². The molecule has 2 amide bonds. The minimum absolute atomic E-state index is 0.00884. The third-order valence-corrected chi connectivity index (χ3v) is 3.34. The Hall–Kier alpha value is -1.38. The summed E-state index contributed by atoms with van der Waals surface area (Å²) in [5.74, 6) is -0.250. The van der Waals surface area contributed by atoms with Crippen molar-refractivity contribution in [2.75, 3.05) is 6.54 Å². The van der Waals surface area contributed by atoms with Crippen molar-refractivity contribution in [1.82, 2.24) is 4.90 Å². The Kier molecular flexibility index (Phi) is 2.70. The summed E-state index contributed by atoms with van der Waals surface area (Å²) in [5, 5.41) is 0. The number of nitrogens with zero attached hydrogens (tertiary/aromatic N) is 1. The van der Waals surface area contributed by atoms with Gasteiger partial charge in [-0.05, 0) is 26.7 Å². The molecule has 16 heavy (non-hydrogen) atoms. The molecule has 3 nitrogen and oxygen atoms in total. The molecule has 1 fully saturated rings. The molecule has 0 aromatic rings. The van der Waals surface area contributed by atoms with Gasteiger partial charge >= 0.3 is 0 Å². The molecule has 1 saturated heterocycles. The summed E-state index contributed by atoms with van der Waals surface area (Å²) in [5.41, 5.74) is 2.07. The van der Waals surface area contributed by atoms with Crippen molar-refractivity contribution in [2.24, 2.45) is 11.8 Å². The normalized spacial score (nSPS) is 29.1. The van der Waals surface area contributed by atoms with Crippen LogP contribution in [0.5, 0.6) is 0 Å². The summed E-state index contributed by atoms with van der Waals surface area (Å²) in [6.07, 6.45) is 3.53. The number of hydrogen-bond donors (Lipinski definition) is 0. The van der Waals surface area contributed by atoms with E-state index in [1.165, 1.54) is 10.5 Å². The van der Waals surface area contributed by atoms with Gasteiger partial charge in [0.05, 0.1) is 11.8 Å². The Morgan fingerprint density at radius 1 is 1.44 bits per heavy atom. The highest BCUT2D eigenvalue weighted by atomic mass is 16.2. The molecule has 1 heterocycles. The topological polar surface area (TPSA) is 37.4 Å². The third kappa shape index (κ3) is 1.70. The summed E-state index contributed by atoms with van der Waals surface area (Å²) in [6.45, 7) is 8.00. The van der Waals surface area contributed by atoms with E-state index in [9.17, 15) is 9.59 Å². The van der Waals surface area contributed by atoms with Gasteiger partial charge in [-0.25, -0.2) is 0 Å². The lowest BCUT2D eigenvalue weighted by Gasteiger charge is -2.19. The van der Waals surface area contributed by atoms with Gasteiger partial charge in [0.1, 0.15) is 0 Å². The van der Waals surface area contributed by atoms with Gasteiger partial charge in [-0.2, -0.15) is 0 Å². The fraction of sp³-hybridized carbons (Fsp3) is 0.538. The fourth-order valence-corrected chi connectivity index (χ4v) is 2.53. The molecule has 0 radical (unpaired) electrons. The van der Waals surface area contributed by atoms with Gasteiger partial charge in [0.25, 0.3) is 0 Å². The van der Waals surface area contributed by atoms with E-state index in [2.05, 4.69) is 12.7 Å². The zero-order chi connectivity index (χ0) is 11.9. The first kappa shape index (κ1) is 11.1. The van der Waals surface area contributed by atoms with Gasteiger partial charge in [-0.3, -0.25) is 14.5 Å². The largest absolute Gasteiger partial charge is 0.278 e. The molecule has 0 saturated carbocycles. The molecule has 0 aromatic heterocycles. The smallest absolute Gasteiger partial charge is 0.233 e. The number of rotatable bonds is 2. The molecule has 2 rings (SSSR count). The van der Waals surface area contributed by atoms with E-state index in [1.807, 2.05) is 13.8 Å². The zero-order valence-corrected chi connectivity index (χ0v) is 9.82. The molecule has 2 atom stereocenters. The summed E-state index contributed by atoms with van der Waals surface area (Å²) < 4.78 is 0. The molecule has 0 aromatic carbocycles. The first-order valence-corrected chi connectivity index (χ1v) is 5.66. The van der Waals surface area contributed by atoms with Crippen molar-refractivity contribution < 1.29 is 9.59 Å². The van der Waals surface area contributed by atoms with E-state index in [4.69, 9.17) is 0 Å². The van der Waals surface area contributed by atoms with Gasteiger partial charge in [-0.15, -0.1) is 0 Å². The van der Waals surface area contributed by atoms with Crippen LogP contribution in [-0.2, 0) is 9.59 Å². The first-order valence-electron chi connectivity index (χ1n) is 5.66. The van der Waals surface area contributed by atoms with Crippen LogP contribution in [0.15, 0.2) is 23.8 Å². The molecular weight excluding hydrogens is 202 g/mol. The van der Waals surface area contributed by atoms with Crippen LogP contribution in [0.4, 0.5) is 0 Å². The molecule has 86 valence electrons. The number of imide groups is 1.